The summed E-state index contributed by atoms with van der Waals surface area (Å²) in [5, 5.41) is 4.21. The molecule has 0 aliphatic heterocycles. The summed E-state index contributed by atoms with van der Waals surface area (Å²) in [6.07, 6.45) is 5.92. The summed E-state index contributed by atoms with van der Waals surface area (Å²) in [6, 6.07) is 0. The maximum absolute atomic E-state index is 11.9. The topological polar surface area (TPSA) is 63.6 Å². The molecule has 1 aliphatic carbocycles. The lowest BCUT2D eigenvalue weighted by Gasteiger charge is -2.03. The van der Waals surface area contributed by atoms with Gasteiger partial charge in [-0.2, -0.15) is 5.10 Å². The van der Waals surface area contributed by atoms with E-state index in [1.54, 1.807) is 6.20 Å². The molecule has 94 valence electrons. The van der Waals surface area contributed by atoms with Gasteiger partial charge < -0.3 is 4.98 Å². The van der Waals surface area contributed by atoms with Crippen LogP contribution in [0.2, 0.25) is 0 Å². The van der Waals surface area contributed by atoms with Gasteiger partial charge in [-0.1, -0.05) is 0 Å². The predicted molar refractivity (Wildman–Crippen MR) is 76.4 cm³/mol. The highest BCUT2D eigenvalue weighted by Gasteiger charge is 2.29. The number of hydrogen-bond acceptors (Lipinski definition) is 3. The second-order valence-corrected chi connectivity index (χ2v) is 5.55. The van der Waals surface area contributed by atoms with Crippen LogP contribution in [0.5, 0.6) is 0 Å². The van der Waals surface area contributed by atoms with Crippen molar-refractivity contribution in [2.45, 2.75) is 32.2 Å². The zero-order valence-corrected chi connectivity index (χ0v) is 12.1. The molecule has 1 fully saturated rings. The van der Waals surface area contributed by atoms with Crippen LogP contribution in [0.4, 0.5) is 0 Å². The third-order valence-electron chi connectivity index (χ3n) is 3.08. The van der Waals surface area contributed by atoms with E-state index in [0.29, 0.717) is 11.7 Å². The van der Waals surface area contributed by atoms with Crippen molar-refractivity contribution in [3.63, 3.8) is 0 Å². The fraction of sp³-hybridized carbons (Fsp3) is 0.417. The molecule has 1 N–H and O–H groups in total. The molecule has 1 aliphatic rings. The molecule has 0 bridgehead atoms. The molecule has 2 aromatic rings. The Bertz CT molecular complexity index is 642. The highest BCUT2D eigenvalue weighted by molar-refractivity contribution is 14.1. The number of nitrogens with zero attached hydrogens (tertiary/aromatic N) is 3. The summed E-state index contributed by atoms with van der Waals surface area (Å²) < 4.78 is 2.55. The van der Waals surface area contributed by atoms with E-state index in [4.69, 9.17) is 0 Å². The molecule has 0 atom stereocenters. The van der Waals surface area contributed by atoms with E-state index in [9.17, 15) is 4.79 Å². The molecule has 0 unspecified atom stereocenters. The molecule has 0 saturated heterocycles. The first-order valence-electron chi connectivity index (χ1n) is 6.01. The van der Waals surface area contributed by atoms with Crippen molar-refractivity contribution < 1.29 is 0 Å². The maximum Gasteiger partial charge on any atom is 0.264 e. The number of aryl methyl sites for hydroxylation is 1. The van der Waals surface area contributed by atoms with Gasteiger partial charge in [-0.25, -0.2) is 4.98 Å². The minimum Gasteiger partial charge on any atom is -0.306 e. The quantitative estimate of drug-likeness (QED) is 0.858. The van der Waals surface area contributed by atoms with E-state index >= 15 is 0 Å². The molecule has 2 aromatic heterocycles. The van der Waals surface area contributed by atoms with Gasteiger partial charge in [-0.05, 0) is 42.4 Å². The van der Waals surface area contributed by atoms with Gasteiger partial charge in [0.05, 0.1) is 21.0 Å². The van der Waals surface area contributed by atoms with Crippen LogP contribution in [0.1, 0.15) is 31.4 Å². The summed E-state index contributed by atoms with van der Waals surface area (Å²) in [6.45, 7) is 2.83. The van der Waals surface area contributed by atoms with Crippen molar-refractivity contribution >= 4 is 22.6 Å². The third-order valence-corrected chi connectivity index (χ3v) is 4.13. The van der Waals surface area contributed by atoms with Gasteiger partial charge in [-0.15, -0.1) is 0 Å². The van der Waals surface area contributed by atoms with Gasteiger partial charge in [0.25, 0.3) is 5.56 Å². The Balaban J connectivity index is 2.09. The molecule has 0 aromatic carbocycles. The average Bonchev–Trinajstić information content (AvgIpc) is 3.09. The first-order chi connectivity index (χ1) is 8.69. The SMILES string of the molecule is CCn1cc(-c2nc(C3CC3)c(I)c(=O)[nH]2)cn1. The number of hydrogen-bond donors (Lipinski definition) is 1. The molecule has 0 amide bonds. The Morgan fingerprint density at radius 1 is 1.56 bits per heavy atom. The number of rotatable bonds is 3. The van der Waals surface area contributed by atoms with Crippen molar-refractivity contribution in [3.05, 3.63) is 32.0 Å². The van der Waals surface area contributed by atoms with Gasteiger partial charge in [0.15, 0.2) is 0 Å². The standard InChI is InChI=1S/C12H13IN4O/c1-2-17-6-8(5-14-17)11-15-10(7-3-4-7)9(13)12(18)16-11/h5-7H,2-4H2,1H3,(H,15,16,18). The van der Waals surface area contributed by atoms with E-state index < -0.39 is 0 Å². The molecule has 0 radical (unpaired) electrons. The van der Waals surface area contributed by atoms with Crippen LogP contribution < -0.4 is 5.56 Å². The number of aromatic amines is 1. The Kier molecular flexibility index (Phi) is 2.96. The van der Waals surface area contributed by atoms with Crippen molar-refractivity contribution in [3.8, 4) is 11.4 Å². The summed E-state index contributed by atoms with van der Waals surface area (Å²) in [7, 11) is 0. The molecule has 2 heterocycles. The van der Waals surface area contributed by atoms with Crippen LogP contribution in [0, 0.1) is 3.57 Å². The Labute approximate surface area is 118 Å². The number of halogens is 1. The number of aromatic nitrogens is 4. The monoisotopic (exact) mass is 356 g/mol. The fourth-order valence-electron chi connectivity index (χ4n) is 1.90. The zero-order valence-electron chi connectivity index (χ0n) is 9.98. The molecule has 18 heavy (non-hydrogen) atoms. The minimum absolute atomic E-state index is 0.0493. The highest BCUT2D eigenvalue weighted by Crippen LogP contribution is 2.40. The van der Waals surface area contributed by atoms with E-state index in [0.717, 1.165) is 34.2 Å². The lowest BCUT2D eigenvalue weighted by molar-refractivity contribution is 0.660. The van der Waals surface area contributed by atoms with Crippen LogP contribution in [0.3, 0.4) is 0 Å². The van der Waals surface area contributed by atoms with Gasteiger partial charge in [0.1, 0.15) is 5.82 Å². The van der Waals surface area contributed by atoms with Gasteiger partial charge in [-0.3, -0.25) is 9.48 Å². The molecular formula is C12H13IN4O. The zero-order chi connectivity index (χ0) is 12.7. The summed E-state index contributed by atoms with van der Waals surface area (Å²) >= 11 is 2.08. The smallest absolute Gasteiger partial charge is 0.264 e. The second-order valence-electron chi connectivity index (χ2n) is 4.47. The number of H-pyrrole nitrogens is 1. The van der Waals surface area contributed by atoms with Crippen LogP contribution >= 0.6 is 22.6 Å². The third kappa shape index (κ3) is 2.09. The Hall–Kier alpha value is -1.18. The van der Waals surface area contributed by atoms with Crippen LogP contribution in [0.15, 0.2) is 17.2 Å². The van der Waals surface area contributed by atoms with Gasteiger partial charge in [0, 0.05) is 18.7 Å². The maximum atomic E-state index is 11.9. The van der Waals surface area contributed by atoms with E-state index in [2.05, 4.69) is 37.7 Å². The number of nitrogens with one attached hydrogen (secondary N) is 1. The van der Waals surface area contributed by atoms with Gasteiger partial charge >= 0.3 is 0 Å². The predicted octanol–water partition coefficient (Wildman–Crippen LogP) is 2.14. The molecule has 1 saturated carbocycles. The largest absolute Gasteiger partial charge is 0.306 e. The van der Waals surface area contributed by atoms with Crippen LogP contribution in [-0.4, -0.2) is 19.7 Å². The highest BCUT2D eigenvalue weighted by atomic mass is 127. The summed E-state index contributed by atoms with van der Waals surface area (Å²) in [5.41, 5.74) is 1.76. The fourth-order valence-corrected chi connectivity index (χ4v) is 2.59. The summed E-state index contributed by atoms with van der Waals surface area (Å²) in [4.78, 5) is 19.3. The summed E-state index contributed by atoms with van der Waals surface area (Å²) in [5.74, 6) is 1.10. The van der Waals surface area contributed by atoms with Gasteiger partial charge in [0.2, 0.25) is 0 Å². The second kappa shape index (κ2) is 4.49. The van der Waals surface area contributed by atoms with Crippen LogP contribution in [-0.2, 0) is 6.54 Å². The van der Waals surface area contributed by atoms with Crippen LogP contribution in [0.25, 0.3) is 11.4 Å². The van der Waals surface area contributed by atoms with Crippen molar-refractivity contribution in [2.24, 2.45) is 0 Å². The first-order valence-corrected chi connectivity index (χ1v) is 7.09. The lowest BCUT2D eigenvalue weighted by atomic mass is 10.2. The Morgan fingerprint density at radius 3 is 2.94 bits per heavy atom. The van der Waals surface area contributed by atoms with Crippen molar-refractivity contribution in [1.82, 2.24) is 19.7 Å². The van der Waals surface area contributed by atoms with E-state index in [1.165, 1.54) is 0 Å². The molecular weight excluding hydrogens is 343 g/mol. The molecule has 5 nitrogen and oxygen atoms in total. The van der Waals surface area contributed by atoms with E-state index in [-0.39, 0.29) is 5.56 Å². The molecule has 3 rings (SSSR count). The lowest BCUT2D eigenvalue weighted by Crippen LogP contribution is -2.15. The molecule has 6 heteroatoms. The molecule has 0 spiro atoms. The first kappa shape index (κ1) is 11.9. The van der Waals surface area contributed by atoms with E-state index in [1.807, 2.05) is 17.8 Å². The minimum atomic E-state index is -0.0493. The normalized spacial score (nSPS) is 15.0. The van der Waals surface area contributed by atoms with Crippen molar-refractivity contribution in [1.29, 1.82) is 0 Å². The van der Waals surface area contributed by atoms with Crippen molar-refractivity contribution in [2.75, 3.05) is 0 Å². The average molecular weight is 356 g/mol. The Morgan fingerprint density at radius 2 is 2.33 bits per heavy atom.